The molecule has 16 heavy (non-hydrogen) atoms. The number of carboxylic acid groups (broad SMARTS) is 1. The van der Waals surface area contributed by atoms with Crippen LogP contribution >= 0.6 is 0 Å². The Kier molecular flexibility index (Phi) is 2.86. The molecule has 3 nitrogen and oxygen atoms in total. The Balaban J connectivity index is 2.25. The SMILES string of the molecule is Nc1ccccc1CC1(C(=O)O)CCCC1. The van der Waals surface area contributed by atoms with Crippen molar-refractivity contribution in [1.82, 2.24) is 0 Å². The third kappa shape index (κ3) is 1.90. The summed E-state index contributed by atoms with van der Waals surface area (Å²) in [6.45, 7) is 0. The average Bonchev–Trinajstić information content (AvgIpc) is 2.71. The van der Waals surface area contributed by atoms with Crippen molar-refractivity contribution in [2.45, 2.75) is 32.1 Å². The number of nitrogen functional groups attached to an aromatic ring is 1. The first kappa shape index (κ1) is 11.0. The number of hydrogen-bond acceptors (Lipinski definition) is 2. The van der Waals surface area contributed by atoms with Gasteiger partial charge in [-0.15, -0.1) is 0 Å². The van der Waals surface area contributed by atoms with Gasteiger partial charge in [0, 0.05) is 5.69 Å². The van der Waals surface area contributed by atoms with Crippen molar-refractivity contribution in [2.75, 3.05) is 5.73 Å². The predicted octanol–water partition coefficient (Wildman–Crippen LogP) is 2.46. The van der Waals surface area contributed by atoms with Crippen molar-refractivity contribution in [1.29, 1.82) is 0 Å². The van der Waals surface area contributed by atoms with Gasteiger partial charge in [0.25, 0.3) is 0 Å². The van der Waals surface area contributed by atoms with Crippen molar-refractivity contribution in [3.63, 3.8) is 0 Å². The molecule has 1 aromatic rings. The highest BCUT2D eigenvalue weighted by molar-refractivity contribution is 5.76. The molecule has 0 bridgehead atoms. The maximum absolute atomic E-state index is 11.4. The summed E-state index contributed by atoms with van der Waals surface area (Å²) >= 11 is 0. The number of aliphatic carboxylic acids is 1. The van der Waals surface area contributed by atoms with Crippen LogP contribution in [-0.4, -0.2) is 11.1 Å². The third-order valence-corrected chi connectivity index (χ3v) is 3.60. The van der Waals surface area contributed by atoms with Crippen molar-refractivity contribution in [3.05, 3.63) is 29.8 Å². The summed E-state index contributed by atoms with van der Waals surface area (Å²) in [4.78, 5) is 11.4. The minimum atomic E-state index is -0.673. The van der Waals surface area contributed by atoms with E-state index in [-0.39, 0.29) is 0 Å². The van der Waals surface area contributed by atoms with E-state index in [1.165, 1.54) is 0 Å². The number of carbonyl (C=O) groups is 1. The van der Waals surface area contributed by atoms with Crippen LogP contribution in [0.2, 0.25) is 0 Å². The van der Waals surface area contributed by atoms with E-state index in [9.17, 15) is 9.90 Å². The van der Waals surface area contributed by atoms with Crippen LogP contribution < -0.4 is 5.73 Å². The molecular formula is C13H17NO2. The zero-order valence-electron chi connectivity index (χ0n) is 9.28. The summed E-state index contributed by atoms with van der Waals surface area (Å²) in [6, 6.07) is 7.55. The van der Waals surface area contributed by atoms with Crippen LogP contribution in [0.3, 0.4) is 0 Å². The molecular weight excluding hydrogens is 202 g/mol. The molecule has 1 aliphatic rings. The summed E-state index contributed by atoms with van der Waals surface area (Å²) in [5.41, 5.74) is 6.96. The van der Waals surface area contributed by atoms with Gasteiger partial charge in [0.2, 0.25) is 0 Å². The molecule has 0 aliphatic heterocycles. The Morgan fingerprint density at radius 1 is 1.31 bits per heavy atom. The van der Waals surface area contributed by atoms with Crippen LogP contribution in [0.1, 0.15) is 31.2 Å². The number of nitrogens with two attached hydrogens (primary N) is 1. The minimum absolute atomic E-state index is 0.564. The van der Waals surface area contributed by atoms with E-state index in [0.717, 1.165) is 31.2 Å². The zero-order valence-corrected chi connectivity index (χ0v) is 9.28. The summed E-state index contributed by atoms with van der Waals surface area (Å²) in [5, 5.41) is 9.38. The first-order chi connectivity index (χ1) is 7.64. The van der Waals surface area contributed by atoms with Crippen molar-refractivity contribution >= 4 is 11.7 Å². The predicted molar refractivity (Wildman–Crippen MR) is 63.1 cm³/mol. The van der Waals surface area contributed by atoms with Crippen LogP contribution in [0.25, 0.3) is 0 Å². The van der Waals surface area contributed by atoms with Gasteiger partial charge >= 0.3 is 5.97 Å². The largest absolute Gasteiger partial charge is 0.481 e. The molecule has 0 unspecified atom stereocenters. The molecule has 1 aromatic carbocycles. The van der Waals surface area contributed by atoms with Gasteiger partial charge in [0.15, 0.2) is 0 Å². The summed E-state index contributed by atoms with van der Waals surface area (Å²) in [6.07, 6.45) is 4.14. The lowest BCUT2D eigenvalue weighted by Gasteiger charge is -2.24. The Labute approximate surface area is 95.3 Å². The molecule has 0 radical (unpaired) electrons. The van der Waals surface area contributed by atoms with E-state index in [0.29, 0.717) is 12.1 Å². The van der Waals surface area contributed by atoms with Gasteiger partial charge in [0.1, 0.15) is 0 Å². The smallest absolute Gasteiger partial charge is 0.309 e. The molecule has 1 fully saturated rings. The number of benzene rings is 1. The summed E-state index contributed by atoms with van der Waals surface area (Å²) in [5.74, 6) is -0.673. The molecule has 1 saturated carbocycles. The second-order valence-electron chi connectivity index (χ2n) is 4.67. The van der Waals surface area contributed by atoms with Gasteiger partial charge in [-0.1, -0.05) is 31.0 Å². The Hall–Kier alpha value is -1.51. The minimum Gasteiger partial charge on any atom is -0.481 e. The van der Waals surface area contributed by atoms with Gasteiger partial charge < -0.3 is 10.8 Å². The monoisotopic (exact) mass is 219 g/mol. The topological polar surface area (TPSA) is 63.3 Å². The van der Waals surface area contributed by atoms with Gasteiger partial charge in [-0.25, -0.2) is 0 Å². The quantitative estimate of drug-likeness (QED) is 0.767. The van der Waals surface area contributed by atoms with Gasteiger partial charge in [-0.2, -0.15) is 0 Å². The molecule has 0 heterocycles. The fourth-order valence-corrected chi connectivity index (χ4v) is 2.58. The lowest BCUT2D eigenvalue weighted by Crippen LogP contribution is -2.30. The normalized spacial score (nSPS) is 18.5. The highest BCUT2D eigenvalue weighted by atomic mass is 16.4. The van der Waals surface area contributed by atoms with Gasteiger partial charge in [0.05, 0.1) is 5.41 Å². The first-order valence-electron chi connectivity index (χ1n) is 5.71. The standard InChI is InChI=1S/C13H17NO2/c14-11-6-2-1-5-10(11)9-13(12(15)16)7-3-4-8-13/h1-2,5-6H,3-4,7-9,14H2,(H,15,16). The van der Waals surface area contributed by atoms with Crippen LogP contribution in [0.15, 0.2) is 24.3 Å². The fourth-order valence-electron chi connectivity index (χ4n) is 2.58. The Morgan fingerprint density at radius 2 is 1.94 bits per heavy atom. The van der Waals surface area contributed by atoms with Crippen molar-refractivity contribution in [2.24, 2.45) is 5.41 Å². The lowest BCUT2D eigenvalue weighted by atomic mass is 9.80. The number of hydrogen-bond donors (Lipinski definition) is 2. The second-order valence-corrected chi connectivity index (χ2v) is 4.67. The van der Waals surface area contributed by atoms with E-state index in [2.05, 4.69) is 0 Å². The fraction of sp³-hybridized carbons (Fsp3) is 0.462. The lowest BCUT2D eigenvalue weighted by molar-refractivity contribution is -0.148. The zero-order chi connectivity index (χ0) is 11.6. The second kappa shape index (κ2) is 4.16. The Morgan fingerprint density at radius 3 is 2.50 bits per heavy atom. The molecule has 3 N–H and O–H groups in total. The third-order valence-electron chi connectivity index (χ3n) is 3.60. The number of anilines is 1. The van der Waals surface area contributed by atoms with E-state index in [4.69, 9.17) is 5.73 Å². The molecule has 0 saturated heterocycles. The molecule has 3 heteroatoms. The maximum Gasteiger partial charge on any atom is 0.309 e. The van der Waals surface area contributed by atoms with E-state index < -0.39 is 11.4 Å². The molecule has 0 atom stereocenters. The molecule has 0 spiro atoms. The molecule has 0 aromatic heterocycles. The van der Waals surface area contributed by atoms with Crippen LogP contribution in [0, 0.1) is 5.41 Å². The van der Waals surface area contributed by atoms with E-state index in [1.807, 2.05) is 24.3 Å². The maximum atomic E-state index is 11.4. The number of carboxylic acids is 1. The van der Waals surface area contributed by atoms with E-state index >= 15 is 0 Å². The average molecular weight is 219 g/mol. The number of para-hydroxylation sites is 1. The van der Waals surface area contributed by atoms with Gasteiger partial charge in [-0.3, -0.25) is 4.79 Å². The van der Waals surface area contributed by atoms with Crippen LogP contribution in [-0.2, 0) is 11.2 Å². The highest BCUT2D eigenvalue weighted by Gasteiger charge is 2.41. The summed E-state index contributed by atoms with van der Waals surface area (Å²) < 4.78 is 0. The molecule has 86 valence electrons. The van der Waals surface area contributed by atoms with E-state index in [1.54, 1.807) is 0 Å². The van der Waals surface area contributed by atoms with Crippen molar-refractivity contribution in [3.8, 4) is 0 Å². The Bertz CT molecular complexity index is 395. The summed E-state index contributed by atoms with van der Waals surface area (Å²) in [7, 11) is 0. The highest BCUT2D eigenvalue weighted by Crippen LogP contribution is 2.41. The first-order valence-corrected chi connectivity index (χ1v) is 5.71. The molecule has 1 aliphatic carbocycles. The van der Waals surface area contributed by atoms with Gasteiger partial charge in [-0.05, 0) is 30.9 Å². The molecule has 2 rings (SSSR count). The van der Waals surface area contributed by atoms with Crippen LogP contribution in [0.5, 0.6) is 0 Å². The van der Waals surface area contributed by atoms with Crippen molar-refractivity contribution < 1.29 is 9.90 Å². The molecule has 0 amide bonds. The van der Waals surface area contributed by atoms with Crippen LogP contribution in [0.4, 0.5) is 5.69 Å². The number of rotatable bonds is 3.